The van der Waals surface area contributed by atoms with Crippen molar-refractivity contribution in [3.63, 3.8) is 0 Å². The summed E-state index contributed by atoms with van der Waals surface area (Å²) in [7, 11) is 5.51. The third-order valence-corrected chi connectivity index (χ3v) is 5.14. The van der Waals surface area contributed by atoms with Crippen molar-refractivity contribution in [3.05, 3.63) is 29.8 Å². The molecule has 1 aliphatic heterocycles. The van der Waals surface area contributed by atoms with E-state index in [-0.39, 0.29) is 11.9 Å². The van der Waals surface area contributed by atoms with Crippen LogP contribution in [0, 0.1) is 0 Å². The molecule has 0 saturated carbocycles. The fraction of sp³-hybridized carbons (Fsp3) is 0.522. The first-order chi connectivity index (χ1) is 16.5. The lowest BCUT2D eigenvalue weighted by molar-refractivity contribution is 0.0515. The number of likely N-dealkylation sites (tertiary alicyclic amines) is 1. The molecule has 2 amide bonds. The van der Waals surface area contributed by atoms with Crippen molar-refractivity contribution < 1.29 is 14.3 Å². The van der Waals surface area contributed by atoms with Crippen molar-refractivity contribution in [3.8, 4) is 0 Å². The van der Waals surface area contributed by atoms with E-state index in [0.29, 0.717) is 41.9 Å². The Bertz CT molecular complexity index is 1020. The molecule has 3 heterocycles. The van der Waals surface area contributed by atoms with Crippen LogP contribution in [-0.2, 0) is 4.74 Å². The summed E-state index contributed by atoms with van der Waals surface area (Å²) >= 11 is 0. The minimum Gasteiger partial charge on any atom is -0.444 e. The molecule has 190 valence electrons. The Hall–Kier alpha value is -3.67. The number of nitrogens with zero attached hydrogens (tertiary/aromatic N) is 5. The van der Waals surface area contributed by atoms with Gasteiger partial charge in [-0.05, 0) is 45.0 Å². The number of carbonyl (C=O) groups is 2. The molecule has 1 saturated heterocycles. The minimum absolute atomic E-state index is 0.127. The zero-order valence-corrected chi connectivity index (χ0v) is 21.2. The van der Waals surface area contributed by atoms with Crippen molar-refractivity contribution in [1.82, 2.24) is 25.4 Å². The lowest BCUT2D eigenvalue weighted by atomic mass is 10.1. The number of anilines is 4. The topological polar surface area (TPSA) is 137 Å². The van der Waals surface area contributed by atoms with Gasteiger partial charge in [0.05, 0.1) is 11.6 Å². The second-order valence-electron chi connectivity index (χ2n) is 9.50. The van der Waals surface area contributed by atoms with Gasteiger partial charge in [-0.2, -0.15) is 0 Å². The molecule has 0 bridgehead atoms. The van der Waals surface area contributed by atoms with Crippen LogP contribution in [0.15, 0.2) is 24.3 Å². The maximum atomic E-state index is 13.0. The summed E-state index contributed by atoms with van der Waals surface area (Å²) in [6.07, 6.45) is -0.419. The quantitative estimate of drug-likeness (QED) is 0.416. The largest absolute Gasteiger partial charge is 0.444 e. The summed E-state index contributed by atoms with van der Waals surface area (Å²) in [5.41, 5.74) is -0.107. The molecule has 4 N–H and O–H groups in total. The van der Waals surface area contributed by atoms with Crippen LogP contribution in [0.2, 0.25) is 0 Å². The SMILES string of the molecule is CNc1ccc(C(=O)Nc2ccc(N(C)C)nn2)c(NC2CN(CCNC(=O)OC(C)(C)C)C2)n1. The van der Waals surface area contributed by atoms with E-state index in [4.69, 9.17) is 4.74 Å². The lowest BCUT2D eigenvalue weighted by Crippen LogP contribution is -2.56. The normalized spacial score (nSPS) is 14.0. The molecule has 12 nitrogen and oxygen atoms in total. The van der Waals surface area contributed by atoms with Crippen molar-refractivity contribution in [2.45, 2.75) is 32.4 Å². The summed E-state index contributed by atoms with van der Waals surface area (Å²) in [5.74, 6) is 1.87. The first-order valence-electron chi connectivity index (χ1n) is 11.5. The molecule has 0 unspecified atom stereocenters. The van der Waals surface area contributed by atoms with Crippen LogP contribution in [0.5, 0.6) is 0 Å². The Balaban J connectivity index is 1.54. The maximum absolute atomic E-state index is 13.0. The van der Waals surface area contributed by atoms with E-state index < -0.39 is 11.7 Å². The summed E-state index contributed by atoms with van der Waals surface area (Å²) < 4.78 is 5.24. The number of hydrogen-bond donors (Lipinski definition) is 4. The van der Waals surface area contributed by atoms with Crippen molar-refractivity contribution in [2.24, 2.45) is 0 Å². The van der Waals surface area contributed by atoms with E-state index in [1.54, 1.807) is 31.3 Å². The Morgan fingerprint density at radius 3 is 2.43 bits per heavy atom. The van der Waals surface area contributed by atoms with Gasteiger partial charge in [-0.3, -0.25) is 9.69 Å². The second-order valence-corrected chi connectivity index (χ2v) is 9.50. The van der Waals surface area contributed by atoms with E-state index in [1.165, 1.54) is 0 Å². The number of pyridine rings is 1. The first kappa shape index (κ1) is 25.9. The zero-order chi connectivity index (χ0) is 25.6. The highest BCUT2D eigenvalue weighted by molar-refractivity contribution is 6.07. The van der Waals surface area contributed by atoms with E-state index in [2.05, 4.69) is 41.3 Å². The fourth-order valence-corrected chi connectivity index (χ4v) is 3.37. The Morgan fingerprint density at radius 2 is 1.83 bits per heavy atom. The van der Waals surface area contributed by atoms with Crippen LogP contribution in [0.25, 0.3) is 0 Å². The van der Waals surface area contributed by atoms with Crippen LogP contribution in [0.3, 0.4) is 0 Å². The number of ether oxygens (including phenoxy) is 1. The summed E-state index contributed by atoms with van der Waals surface area (Å²) in [6.45, 7) is 8.22. The molecule has 35 heavy (non-hydrogen) atoms. The fourth-order valence-electron chi connectivity index (χ4n) is 3.37. The number of nitrogens with one attached hydrogen (secondary N) is 4. The smallest absolute Gasteiger partial charge is 0.407 e. The van der Waals surface area contributed by atoms with Gasteiger partial charge < -0.3 is 30.9 Å². The Morgan fingerprint density at radius 1 is 1.11 bits per heavy atom. The number of aromatic nitrogens is 3. The van der Waals surface area contributed by atoms with Crippen LogP contribution in [-0.4, -0.2) is 91.0 Å². The maximum Gasteiger partial charge on any atom is 0.407 e. The molecule has 1 aliphatic rings. The average molecular weight is 486 g/mol. The Kier molecular flexibility index (Phi) is 8.28. The summed E-state index contributed by atoms with van der Waals surface area (Å²) in [6, 6.07) is 7.08. The zero-order valence-electron chi connectivity index (χ0n) is 21.2. The van der Waals surface area contributed by atoms with Crippen LogP contribution >= 0.6 is 0 Å². The van der Waals surface area contributed by atoms with Gasteiger partial charge in [0.25, 0.3) is 5.91 Å². The van der Waals surface area contributed by atoms with Gasteiger partial charge in [-0.1, -0.05) is 0 Å². The molecule has 2 aromatic rings. The minimum atomic E-state index is -0.517. The standard InChI is InChI=1S/C23H35N9O3/c1-23(2,3)35-22(34)25-11-12-32-13-15(14-32)26-20-16(7-8-17(24-4)27-20)21(33)28-18-9-10-19(30-29-18)31(5)6/h7-10,15H,11-14H2,1-6H3,(H,25,34)(H2,24,26,27)(H,28,29,33). The van der Waals surface area contributed by atoms with Crippen molar-refractivity contribution >= 4 is 35.3 Å². The van der Waals surface area contributed by atoms with Gasteiger partial charge >= 0.3 is 6.09 Å². The van der Waals surface area contributed by atoms with Gasteiger partial charge in [0.2, 0.25) is 0 Å². The van der Waals surface area contributed by atoms with Crippen LogP contribution in [0.4, 0.5) is 28.1 Å². The molecule has 1 fully saturated rings. The van der Waals surface area contributed by atoms with Gasteiger partial charge in [-0.25, -0.2) is 9.78 Å². The third kappa shape index (κ3) is 7.67. The molecule has 0 radical (unpaired) electrons. The van der Waals surface area contributed by atoms with E-state index in [9.17, 15) is 9.59 Å². The summed E-state index contributed by atoms with van der Waals surface area (Å²) in [5, 5.41) is 20.1. The number of rotatable bonds is 9. The van der Waals surface area contributed by atoms with E-state index in [1.807, 2.05) is 39.8 Å². The average Bonchev–Trinajstić information content (AvgIpc) is 2.76. The second kappa shape index (κ2) is 11.2. The molecule has 3 rings (SSSR count). The lowest BCUT2D eigenvalue weighted by Gasteiger charge is -2.40. The van der Waals surface area contributed by atoms with E-state index >= 15 is 0 Å². The molecule has 0 atom stereocenters. The van der Waals surface area contributed by atoms with Gasteiger partial charge in [-0.15, -0.1) is 10.2 Å². The summed E-state index contributed by atoms with van der Waals surface area (Å²) in [4.78, 5) is 33.3. The number of amides is 2. The highest BCUT2D eigenvalue weighted by atomic mass is 16.6. The van der Waals surface area contributed by atoms with Crippen molar-refractivity contribution in [2.75, 3.05) is 68.2 Å². The van der Waals surface area contributed by atoms with Crippen molar-refractivity contribution in [1.29, 1.82) is 0 Å². The monoisotopic (exact) mass is 485 g/mol. The third-order valence-electron chi connectivity index (χ3n) is 5.14. The highest BCUT2D eigenvalue weighted by Crippen LogP contribution is 2.21. The van der Waals surface area contributed by atoms with E-state index in [0.717, 1.165) is 13.1 Å². The molecule has 0 aromatic carbocycles. The predicted molar refractivity (Wildman–Crippen MR) is 136 cm³/mol. The molecule has 12 heteroatoms. The molecule has 0 aliphatic carbocycles. The molecule has 0 spiro atoms. The van der Waals surface area contributed by atoms with Gasteiger partial charge in [0.1, 0.15) is 17.2 Å². The van der Waals surface area contributed by atoms with Gasteiger partial charge in [0.15, 0.2) is 11.6 Å². The number of carbonyl (C=O) groups excluding carboxylic acids is 2. The van der Waals surface area contributed by atoms with Crippen LogP contribution < -0.4 is 26.2 Å². The molecular formula is C23H35N9O3. The Labute approximate surface area is 205 Å². The number of alkyl carbamates (subject to hydrolysis) is 1. The van der Waals surface area contributed by atoms with Gasteiger partial charge in [0, 0.05) is 47.3 Å². The highest BCUT2D eigenvalue weighted by Gasteiger charge is 2.28. The molecule has 2 aromatic heterocycles. The molecular weight excluding hydrogens is 450 g/mol. The number of hydrogen-bond acceptors (Lipinski definition) is 10. The first-order valence-corrected chi connectivity index (χ1v) is 11.5. The van der Waals surface area contributed by atoms with Crippen LogP contribution in [0.1, 0.15) is 31.1 Å². The predicted octanol–water partition coefficient (Wildman–Crippen LogP) is 1.85.